The number of carboxylic acid groups (broad SMARTS) is 1. The number of aliphatic hydroxyl groups is 9. The van der Waals surface area contributed by atoms with E-state index >= 15 is 0 Å². The van der Waals surface area contributed by atoms with Crippen LogP contribution in [0.4, 0.5) is 15.3 Å². The van der Waals surface area contributed by atoms with Crippen LogP contribution in [-0.2, 0) is 97.1 Å². The zero-order chi connectivity index (χ0) is 99.1. The van der Waals surface area contributed by atoms with Crippen LogP contribution in [0, 0.1) is 46.0 Å². The number of methoxy groups -OCH3 is 5. The first-order valence-corrected chi connectivity index (χ1v) is 48.2. The van der Waals surface area contributed by atoms with E-state index in [0.717, 1.165) is 18.9 Å². The fourth-order valence-electron chi connectivity index (χ4n) is 16.1. The predicted molar refractivity (Wildman–Crippen MR) is 491 cm³/mol. The number of nitrogens with one attached hydrogen (secondary N) is 6. The second-order valence-corrected chi connectivity index (χ2v) is 38.5. The maximum Gasteiger partial charge on any atom is 0.411 e. The minimum Gasteiger partial charge on any atom is -0.492 e. The number of halogens is 1. The van der Waals surface area contributed by atoms with Crippen LogP contribution in [0.5, 0.6) is 17.2 Å². The topological polar surface area (TPSA) is 587 Å². The molecule has 42 nitrogen and oxygen atoms in total. The number of rotatable bonds is 42. The maximum atomic E-state index is 14.7. The molecule has 5 fully saturated rings. The third-order valence-electron chi connectivity index (χ3n) is 23.5. The van der Waals surface area contributed by atoms with Crippen LogP contribution in [0.25, 0.3) is 0 Å². The molecule has 5 aliphatic heterocycles. The number of carbonyl (C=O) groups is 10. The quantitative estimate of drug-likeness (QED) is 0.0149. The summed E-state index contributed by atoms with van der Waals surface area (Å²) in [5.41, 5.74) is 1.09. The fourth-order valence-corrected chi connectivity index (χ4v) is 20.0. The Morgan fingerprint density at radius 2 is 1.46 bits per heavy atom. The first kappa shape index (κ1) is 111. The van der Waals surface area contributed by atoms with E-state index < -0.39 is 236 Å². The van der Waals surface area contributed by atoms with E-state index in [2.05, 4.69) is 55.7 Å². The molecule has 2 aromatic carbocycles. The molecule has 2 bridgehead atoms. The Bertz CT molecular complexity index is 4700. The normalized spacial score (nSPS) is 30.7. The van der Waals surface area contributed by atoms with Crippen molar-refractivity contribution in [1.29, 1.82) is 0 Å². The van der Waals surface area contributed by atoms with Crippen molar-refractivity contribution in [2.24, 2.45) is 11.8 Å². The number of nitrogens with zero attached hydrogens (tertiary/aromatic N) is 1. The number of aliphatic hydroxyl groups excluding tert-OH is 8. The lowest BCUT2D eigenvalue weighted by Gasteiger charge is -2.47. The smallest absolute Gasteiger partial charge is 0.411 e. The zero-order valence-electron chi connectivity index (χ0n) is 77.0. The summed E-state index contributed by atoms with van der Waals surface area (Å²) in [6.07, 6.45) is -25.5. The van der Waals surface area contributed by atoms with Crippen LogP contribution in [0.2, 0.25) is 0 Å². The Morgan fingerprint density at radius 1 is 0.756 bits per heavy atom. The molecule has 748 valence electrons. The van der Waals surface area contributed by atoms with Gasteiger partial charge in [0.05, 0.1) is 110 Å². The number of hydrogen-bond donors (Lipinski definition) is 16. The molecule has 0 radical (unpaired) electrons. The highest BCUT2D eigenvalue weighted by molar-refractivity contribution is 14.1. The largest absolute Gasteiger partial charge is 0.492 e. The molecule has 23 unspecified atom stereocenters. The number of carbonyl (C=O) groups excluding carboxylic acids is 9. The van der Waals surface area contributed by atoms with Crippen LogP contribution in [0.3, 0.4) is 0 Å². The highest BCUT2D eigenvalue weighted by Crippen LogP contribution is 2.50. The molecule has 16 N–H and O–H groups in total. The number of Topliss-reactive ketones (excluding diaryl/α,β-unsaturated/α-hetero) is 2. The van der Waals surface area contributed by atoms with Gasteiger partial charge in [-0.05, 0) is 111 Å². The number of allylic oxidation sites excluding steroid dienone is 3. The molecular weight excluding hydrogens is 1950 g/mol. The Hall–Kier alpha value is -7.94. The third kappa shape index (κ3) is 28.9. The van der Waals surface area contributed by atoms with E-state index in [-0.39, 0.29) is 128 Å². The van der Waals surface area contributed by atoms with Crippen molar-refractivity contribution in [2.45, 2.75) is 284 Å². The minimum absolute atomic E-state index is 0.0314. The predicted octanol–water partition coefficient (Wildman–Crippen LogP) is 2.10. The van der Waals surface area contributed by atoms with Crippen molar-refractivity contribution in [3.05, 3.63) is 79.6 Å². The van der Waals surface area contributed by atoms with Crippen molar-refractivity contribution in [3.8, 4) is 40.9 Å². The number of ether oxygens (including phenoxy) is 14. The second kappa shape index (κ2) is 51.8. The fraction of sp³-hybridized carbons (Fsp3) is 0.640. The van der Waals surface area contributed by atoms with Crippen LogP contribution in [-0.4, -0.2) is 339 Å². The first-order chi connectivity index (χ1) is 64.1. The lowest BCUT2D eigenvalue weighted by atomic mass is 9.75. The van der Waals surface area contributed by atoms with E-state index in [0.29, 0.717) is 20.4 Å². The van der Waals surface area contributed by atoms with Gasteiger partial charge in [-0.3, -0.25) is 48.5 Å². The number of benzene rings is 2. The number of alkyl carbamates (subject to hydrolysis) is 2. The van der Waals surface area contributed by atoms with Gasteiger partial charge in [0.15, 0.2) is 53.8 Å². The molecule has 6 amide bonds. The van der Waals surface area contributed by atoms with Gasteiger partial charge in [-0.25, -0.2) is 9.59 Å². The van der Waals surface area contributed by atoms with Gasteiger partial charge in [-0.15, -0.1) is 0 Å². The Kier molecular flexibility index (Phi) is 42.5. The molecule has 7 aliphatic rings. The number of aliphatic carboxylic acids is 1. The van der Waals surface area contributed by atoms with Crippen molar-refractivity contribution in [2.75, 3.05) is 72.9 Å². The molecule has 0 aromatic heterocycles. The van der Waals surface area contributed by atoms with E-state index in [1.54, 1.807) is 78.8 Å². The van der Waals surface area contributed by atoms with Gasteiger partial charge < -0.3 is 144 Å². The highest BCUT2D eigenvalue weighted by atomic mass is 127. The number of amides is 6. The molecule has 0 saturated carbocycles. The molecule has 27 atom stereocenters. The lowest BCUT2D eigenvalue weighted by Crippen LogP contribution is -2.65. The van der Waals surface area contributed by atoms with Gasteiger partial charge in [0.1, 0.15) is 74.1 Å². The molecule has 5 heterocycles. The van der Waals surface area contributed by atoms with E-state index in [4.69, 9.17) is 76.3 Å². The average molecular weight is 2070 g/mol. The number of hydroxylamine groups is 1. The summed E-state index contributed by atoms with van der Waals surface area (Å²) >= 11 is 2.71. The molecule has 9 rings (SSSR count). The molecule has 46 heteroatoms. The first-order valence-electron chi connectivity index (χ1n) is 43.8. The van der Waals surface area contributed by atoms with Crippen molar-refractivity contribution >= 4 is 120 Å². The number of likely N-dealkylation sites (N-methyl/N-ethyl adjacent to an activating group) is 1. The van der Waals surface area contributed by atoms with E-state index in [1.807, 2.05) is 29.5 Å². The summed E-state index contributed by atoms with van der Waals surface area (Å²) in [5.74, 6) is 5.80. The Balaban J connectivity index is 0.909. The summed E-state index contributed by atoms with van der Waals surface area (Å²) in [6.45, 7) is 13.2. The number of hydrogen-bond acceptors (Lipinski definition) is 38. The van der Waals surface area contributed by atoms with Crippen molar-refractivity contribution < 1.29 is 170 Å². The van der Waals surface area contributed by atoms with E-state index in [1.165, 1.54) is 74.0 Å². The molecule has 135 heavy (non-hydrogen) atoms. The summed E-state index contributed by atoms with van der Waals surface area (Å²) in [6, 6.07) is 1.81. The van der Waals surface area contributed by atoms with Gasteiger partial charge >= 0.3 is 18.2 Å². The lowest BCUT2D eigenvalue weighted by molar-refractivity contribution is -0.337. The summed E-state index contributed by atoms with van der Waals surface area (Å²) in [7, 11) is 8.97. The Labute approximate surface area is 806 Å². The van der Waals surface area contributed by atoms with E-state index in [9.17, 15) is 93.9 Å². The number of anilines is 1. The molecule has 0 spiro atoms. The monoisotopic (exact) mass is 2070 g/mol. The second-order valence-electron chi connectivity index (χ2n) is 33.4. The number of fused-ring (bicyclic) bond motifs is 2. The van der Waals surface area contributed by atoms with Crippen LogP contribution < -0.4 is 46.3 Å². The average Bonchev–Trinajstić information content (AvgIpc) is 0.751. The number of thioether (sulfide) groups is 1. The van der Waals surface area contributed by atoms with Gasteiger partial charge in [-0.2, -0.15) is 5.48 Å². The number of carboxylic acids is 1. The molecule has 5 saturated heterocycles. The standard InChI is InChI=1S/C89H122IN7O35S3/c1-15-97(60(104)37-91-87(115)124-39-48-25-27-49(28-26-48)92-82(112)42(4)33-52(99)67(41(2)3)93-58(102)22-20-23-61(105)106)51-40-123-62(35-56(51)118-10)130-79-74(110)68(96-132-63-34-53(100)81(47(9)125-63)134-84(114)64-44(6)66(90)77(80(121-13)76(64)119-11)131-85-75(111)78(120-12)71(107)46(8)127-85)45(7)126-86(79)129-55-21-18-16-17-19-31-89(117)36-54(101)69(95-88(116)122-14)65(55)50(89)30-32-133-135-43(5)24-29-59(103)94-70-73(109)72(108)57(38-98)128-83(70)113/h16-17,25-28,30,41-43,45-47,51,53,55-57,62-63,67-68,70-75,78-79,81,83,85-86,96,98,100,107-111,113,117H,15,20,22-24,29,32-40H2,1-14H3,(H,91,115)(H,92,112)(H,93,102)(H,94,103)(H,95,116)(H,105,106)/b17-16-,50-30+/t42-,43?,45?,46?,47?,51?,53?,55+,56?,57?,62?,63?,67+,68?,70?,71?,72?,73?,74?,75?,78?,79?,81?,83?,85?,86?,89+/m1/s1. The van der Waals surface area contributed by atoms with Crippen molar-refractivity contribution in [3.63, 3.8) is 0 Å². The SMILES string of the molecule is CCN(C(=O)CNC(=O)OCc1ccc(NC(=O)[C@H](C)CC(=O)[C@@H](NC(=O)CCCC(=O)O)C(C)C)cc1)C1COC(OC2C(O[C@H]3C#C/C=C\C#C[C@]4(O)CC(=O)C(NC(=O)OC)=C3/C4=C\CSSC(C)CCC(=O)NC3C(O)OC(CO)C(O)C3O)OC(C)C(NOC3CC(O)C(SC(=O)c4c(C)c(I)c(OC5OC(C)C(O)C(OC)C5O)c(OC)c4OC)C(C)O3)C2O)CC1OC. The van der Waals surface area contributed by atoms with Gasteiger partial charge in [0.2, 0.25) is 40.8 Å². The summed E-state index contributed by atoms with van der Waals surface area (Å²) in [5, 5.41) is 121. The molecule has 2 aliphatic carbocycles. The highest BCUT2D eigenvalue weighted by Gasteiger charge is 2.54. The number of ketones is 2. The van der Waals surface area contributed by atoms with Crippen LogP contribution in [0.1, 0.15) is 135 Å². The van der Waals surface area contributed by atoms with Gasteiger partial charge in [0, 0.05) is 93.0 Å². The van der Waals surface area contributed by atoms with Crippen LogP contribution in [0.15, 0.2) is 59.3 Å². The van der Waals surface area contributed by atoms with Gasteiger partial charge in [-0.1, -0.05) is 103 Å². The minimum atomic E-state index is -2.32. The molecule has 2 aromatic rings. The van der Waals surface area contributed by atoms with Crippen molar-refractivity contribution in [1.82, 2.24) is 31.6 Å². The summed E-state index contributed by atoms with van der Waals surface area (Å²) in [4.78, 5) is 141. The zero-order valence-corrected chi connectivity index (χ0v) is 81.6. The Morgan fingerprint density at radius 3 is 2.11 bits per heavy atom. The third-order valence-corrected chi connectivity index (χ3v) is 29.0. The molecular formula is C89H122IN7O35S3. The van der Waals surface area contributed by atoms with Gasteiger partial charge in [0.25, 0.3) is 0 Å². The maximum absolute atomic E-state index is 14.7. The van der Waals surface area contributed by atoms with Crippen LogP contribution >= 0.6 is 55.9 Å². The summed E-state index contributed by atoms with van der Waals surface area (Å²) < 4.78 is 84.2.